The van der Waals surface area contributed by atoms with Crippen LogP contribution in [-0.2, 0) is 5.41 Å². The van der Waals surface area contributed by atoms with Gasteiger partial charge in [0.1, 0.15) is 0 Å². The first-order chi connectivity index (χ1) is 18.3. The number of halogens is 2. The second kappa shape index (κ2) is 11.3. The molecule has 1 fully saturated rings. The standard InChI is InChI=1S/C33H36Cl2N2O/c1-22-8-9-23(2)28(18-22)32(38)37(3)21-26(24-11-13-30(34)31(35)20-24)10-12-27-19-25-6-4-5-7-29(25)33(27)14-16-36-17-15-33/h4-9,11,13,18-20,26,36H,10,12,14-17,21H2,1-3H3/t26-/m1/s1. The molecule has 1 atom stereocenters. The highest BCUT2D eigenvalue weighted by Gasteiger charge is 2.41. The van der Waals surface area contributed by atoms with E-state index in [2.05, 4.69) is 47.8 Å². The number of nitrogens with zero attached hydrogens (tertiary/aromatic N) is 1. The van der Waals surface area contributed by atoms with Crippen molar-refractivity contribution in [3.05, 3.63) is 110 Å². The minimum atomic E-state index is 0.0542. The molecule has 1 amide bonds. The lowest BCUT2D eigenvalue weighted by Crippen LogP contribution is -2.40. The molecule has 3 aromatic rings. The summed E-state index contributed by atoms with van der Waals surface area (Å²) in [5, 5.41) is 4.66. The highest BCUT2D eigenvalue weighted by Crippen LogP contribution is 2.50. The van der Waals surface area contributed by atoms with Crippen LogP contribution in [0.4, 0.5) is 0 Å². The van der Waals surface area contributed by atoms with Gasteiger partial charge in [-0.3, -0.25) is 4.79 Å². The summed E-state index contributed by atoms with van der Waals surface area (Å²) in [4.78, 5) is 15.4. The molecule has 0 aromatic heterocycles. The third kappa shape index (κ3) is 5.30. The highest BCUT2D eigenvalue weighted by molar-refractivity contribution is 6.42. The monoisotopic (exact) mass is 546 g/mol. The largest absolute Gasteiger partial charge is 0.341 e. The van der Waals surface area contributed by atoms with Gasteiger partial charge in [-0.15, -0.1) is 0 Å². The molecular weight excluding hydrogens is 511 g/mol. The Morgan fingerprint density at radius 3 is 2.53 bits per heavy atom. The van der Waals surface area contributed by atoms with Crippen LogP contribution < -0.4 is 5.32 Å². The van der Waals surface area contributed by atoms with Crippen molar-refractivity contribution in [1.82, 2.24) is 10.2 Å². The first-order valence-electron chi connectivity index (χ1n) is 13.6. The quantitative estimate of drug-likeness (QED) is 0.326. The summed E-state index contributed by atoms with van der Waals surface area (Å²) in [6.07, 6.45) is 6.58. The van der Waals surface area contributed by atoms with Gasteiger partial charge >= 0.3 is 0 Å². The van der Waals surface area contributed by atoms with Gasteiger partial charge in [0.25, 0.3) is 5.91 Å². The summed E-state index contributed by atoms with van der Waals surface area (Å²) >= 11 is 12.7. The zero-order valence-electron chi connectivity index (χ0n) is 22.5. The van der Waals surface area contributed by atoms with E-state index in [0.29, 0.717) is 16.6 Å². The number of hydrogen-bond acceptors (Lipinski definition) is 2. The number of nitrogens with one attached hydrogen (secondary N) is 1. The summed E-state index contributed by atoms with van der Waals surface area (Å²) in [5.74, 6) is 0.186. The Kier molecular flexibility index (Phi) is 8.00. The number of amides is 1. The van der Waals surface area contributed by atoms with Crippen LogP contribution in [0.5, 0.6) is 0 Å². The molecule has 3 aromatic carbocycles. The van der Waals surface area contributed by atoms with Crippen molar-refractivity contribution in [2.24, 2.45) is 0 Å². The molecule has 1 aliphatic carbocycles. The zero-order chi connectivity index (χ0) is 26.9. The lowest BCUT2D eigenvalue weighted by Gasteiger charge is -2.38. The first kappa shape index (κ1) is 27.0. The van der Waals surface area contributed by atoms with E-state index < -0.39 is 0 Å². The Labute approximate surface area is 236 Å². The Balaban J connectivity index is 1.41. The number of carbonyl (C=O) groups excluding carboxylic acids is 1. The van der Waals surface area contributed by atoms with Crippen LogP contribution in [-0.4, -0.2) is 37.5 Å². The maximum Gasteiger partial charge on any atom is 0.253 e. The minimum Gasteiger partial charge on any atom is -0.341 e. The van der Waals surface area contributed by atoms with Crippen LogP contribution in [0.2, 0.25) is 10.0 Å². The van der Waals surface area contributed by atoms with Gasteiger partial charge in [0, 0.05) is 30.5 Å². The van der Waals surface area contributed by atoms with Gasteiger partial charge in [-0.2, -0.15) is 0 Å². The van der Waals surface area contributed by atoms with Crippen molar-refractivity contribution in [2.75, 3.05) is 26.7 Å². The van der Waals surface area contributed by atoms with Crippen molar-refractivity contribution in [3.8, 4) is 0 Å². The van der Waals surface area contributed by atoms with E-state index in [0.717, 1.165) is 61.0 Å². The third-order valence-corrected chi connectivity index (χ3v) is 9.26. The Morgan fingerprint density at radius 2 is 1.76 bits per heavy atom. The van der Waals surface area contributed by atoms with E-state index in [1.54, 1.807) is 0 Å². The van der Waals surface area contributed by atoms with Gasteiger partial charge in [-0.05, 0) is 93.1 Å². The molecule has 2 aliphatic rings. The van der Waals surface area contributed by atoms with Gasteiger partial charge in [-0.25, -0.2) is 0 Å². The van der Waals surface area contributed by atoms with Crippen LogP contribution >= 0.6 is 23.2 Å². The molecule has 5 heteroatoms. The molecule has 0 saturated carbocycles. The number of allylic oxidation sites excluding steroid dienone is 1. The number of benzene rings is 3. The first-order valence-corrected chi connectivity index (χ1v) is 14.3. The van der Waals surface area contributed by atoms with Crippen molar-refractivity contribution in [3.63, 3.8) is 0 Å². The van der Waals surface area contributed by atoms with Crippen LogP contribution in [0.3, 0.4) is 0 Å². The third-order valence-electron chi connectivity index (χ3n) is 8.52. The summed E-state index contributed by atoms with van der Waals surface area (Å²) in [6, 6.07) is 20.9. The predicted molar refractivity (Wildman–Crippen MR) is 160 cm³/mol. The van der Waals surface area contributed by atoms with E-state index >= 15 is 0 Å². The van der Waals surface area contributed by atoms with Gasteiger partial charge in [0.15, 0.2) is 0 Å². The average molecular weight is 548 g/mol. The van der Waals surface area contributed by atoms with Gasteiger partial charge in [-0.1, -0.05) is 82.9 Å². The number of rotatable bonds is 7. The minimum absolute atomic E-state index is 0.0542. The van der Waals surface area contributed by atoms with Crippen LogP contribution in [0.15, 0.2) is 66.2 Å². The average Bonchev–Trinajstić information content (AvgIpc) is 3.21. The summed E-state index contributed by atoms with van der Waals surface area (Å²) in [6.45, 7) is 6.71. The predicted octanol–water partition coefficient (Wildman–Crippen LogP) is 7.96. The smallest absolute Gasteiger partial charge is 0.253 e. The topological polar surface area (TPSA) is 32.3 Å². The normalized spacial score (nSPS) is 16.7. The van der Waals surface area contributed by atoms with Crippen molar-refractivity contribution >= 4 is 35.2 Å². The van der Waals surface area contributed by atoms with Crippen molar-refractivity contribution in [1.29, 1.82) is 0 Å². The SMILES string of the molecule is Cc1ccc(C)c(C(=O)N(C)C[C@@H](CCC2=Cc3ccccc3C23CCNCC3)c2ccc(Cl)c(Cl)c2)c1. The number of likely N-dealkylation sites (N-methyl/N-ethyl adjacent to an activating group) is 1. The van der Waals surface area contributed by atoms with E-state index in [9.17, 15) is 4.79 Å². The molecule has 3 nitrogen and oxygen atoms in total. The molecule has 1 N–H and O–H groups in total. The summed E-state index contributed by atoms with van der Waals surface area (Å²) < 4.78 is 0. The van der Waals surface area contributed by atoms with Crippen LogP contribution in [0.25, 0.3) is 6.08 Å². The Morgan fingerprint density at radius 1 is 1.00 bits per heavy atom. The molecule has 1 aliphatic heterocycles. The molecule has 198 valence electrons. The van der Waals surface area contributed by atoms with Gasteiger partial charge in [0.05, 0.1) is 10.0 Å². The molecule has 0 radical (unpaired) electrons. The molecule has 1 heterocycles. The summed E-state index contributed by atoms with van der Waals surface area (Å²) in [7, 11) is 1.91. The van der Waals surface area contributed by atoms with E-state index in [4.69, 9.17) is 23.2 Å². The lowest BCUT2D eigenvalue weighted by molar-refractivity contribution is 0.0784. The molecule has 5 rings (SSSR count). The number of hydrogen-bond donors (Lipinski definition) is 1. The second-order valence-corrected chi connectivity index (χ2v) is 11.8. The molecule has 38 heavy (non-hydrogen) atoms. The van der Waals surface area contributed by atoms with Crippen LogP contribution in [0.1, 0.15) is 69.8 Å². The highest BCUT2D eigenvalue weighted by atomic mass is 35.5. The molecule has 1 spiro atoms. The second-order valence-electron chi connectivity index (χ2n) is 11.0. The van der Waals surface area contributed by atoms with Crippen LogP contribution in [0, 0.1) is 13.8 Å². The number of fused-ring (bicyclic) bond motifs is 2. The maximum absolute atomic E-state index is 13.5. The number of carbonyl (C=O) groups is 1. The van der Waals surface area contributed by atoms with Gasteiger partial charge in [0.2, 0.25) is 0 Å². The number of piperidine rings is 1. The van der Waals surface area contributed by atoms with Crippen molar-refractivity contribution in [2.45, 2.75) is 50.9 Å². The molecule has 1 saturated heterocycles. The van der Waals surface area contributed by atoms with E-state index in [1.165, 1.54) is 16.7 Å². The zero-order valence-corrected chi connectivity index (χ0v) is 24.0. The summed E-state index contributed by atoms with van der Waals surface area (Å²) in [5.41, 5.74) is 8.45. The van der Waals surface area contributed by atoms with Gasteiger partial charge < -0.3 is 10.2 Å². The Hall–Kier alpha value is -2.59. The maximum atomic E-state index is 13.5. The van der Waals surface area contributed by atoms with E-state index in [-0.39, 0.29) is 17.2 Å². The van der Waals surface area contributed by atoms with Crippen molar-refractivity contribution < 1.29 is 4.79 Å². The fraction of sp³-hybridized carbons (Fsp3) is 0.364. The molecule has 0 unspecified atom stereocenters. The fourth-order valence-electron chi connectivity index (χ4n) is 6.36. The Bertz CT molecular complexity index is 1370. The molecular formula is C33H36Cl2N2O. The molecule has 0 bridgehead atoms. The lowest BCUT2D eigenvalue weighted by atomic mass is 9.69. The van der Waals surface area contributed by atoms with E-state index in [1.807, 2.05) is 50.1 Å². The number of aryl methyl sites for hydroxylation is 2. The fourth-order valence-corrected chi connectivity index (χ4v) is 6.66.